The van der Waals surface area contributed by atoms with E-state index in [9.17, 15) is 0 Å². The quantitative estimate of drug-likeness (QED) is 0.457. The topological polar surface area (TPSA) is 0 Å². The second-order valence-corrected chi connectivity index (χ2v) is 1.47. The molecule has 0 aromatic rings. The van der Waals surface area contributed by atoms with Gasteiger partial charge in [0.2, 0.25) is 0 Å². The third-order valence-corrected chi connectivity index (χ3v) is 0.329. The van der Waals surface area contributed by atoms with Crippen LogP contribution in [0.15, 0.2) is 24.8 Å². The van der Waals surface area contributed by atoms with Gasteiger partial charge >= 0.3 is 0 Å². The Bertz CT molecular complexity index is 51.1. The van der Waals surface area contributed by atoms with Crippen LogP contribution in [0.1, 0.15) is 27.2 Å². The molecule has 0 saturated carbocycles. The molecule has 0 rings (SSSR count). The van der Waals surface area contributed by atoms with Gasteiger partial charge in [0.25, 0.3) is 0 Å². The molecule has 0 aromatic heterocycles. The Balaban J connectivity index is 0. The van der Waals surface area contributed by atoms with E-state index < -0.39 is 0 Å². The lowest BCUT2D eigenvalue weighted by Crippen LogP contribution is -1.33. The van der Waals surface area contributed by atoms with Crippen molar-refractivity contribution in [1.29, 1.82) is 0 Å². The lowest BCUT2D eigenvalue weighted by molar-refractivity contribution is 1.09. The highest BCUT2D eigenvalue weighted by atomic mass is 13.5. The molecule has 0 nitrogen and oxygen atoms in total. The Kier molecular flexibility index (Phi) is 21.0. The van der Waals surface area contributed by atoms with E-state index in [0.29, 0.717) is 0 Å². The summed E-state index contributed by atoms with van der Waals surface area (Å²) in [7, 11) is 0. The molecular weight excluding hydrogens is 96.1 g/mol. The summed E-state index contributed by atoms with van der Waals surface area (Å²) in [6.07, 6.45) is 6.83. The molecule has 0 atom stereocenters. The fraction of sp³-hybridized carbons (Fsp3) is 0.500. The van der Waals surface area contributed by atoms with Crippen LogP contribution < -0.4 is 0 Å². The van der Waals surface area contributed by atoms with Crippen molar-refractivity contribution < 1.29 is 0 Å². The molecule has 0 aliphatic rings. The molecular formula is C8H16. The van der Waals surface area contributed by atoms with Crippen molar-refractivity contribution in [1.82, 2.24) is 0 Å². The standard InChI is InChI=1S/C5H8.C3H8/c1-3-5-4-2;1-3-2/h3-5H,1H2,2H3;3H2,1-2H3. The summed E-state index contributed by atoms with van der Waals surface area (Å²) in [5.74, 6) is 0. The Morgan fingerprint density at radius 2 is 1.75 bits per heavy atom. The van der Waals surface area contributed by atoms with Crippen molar-refractivity contribution in [3.05, 3.63) is 24.8 Å². The van der Waals surface area contributed by atoms with Crippen LogP contribution in [0.4, 0.5) is 0 Å². The zero-order valence-electron chi connectivity index (χ0n) is 6.15. The smallest absolute Gasteiger partial charge is 0.0467 e. The van der Waals surface area contributed by atoms with E-state index in [0.717, 1.165) is 0 Å². The van der Waals surface area contributed by atoms with Gasteiger partial charge < -0.3 is 0 Å². The van der Waals surface area contributed by atoms with E-state index >= 15 is 0 Å². The van der Waals surface area contributed by atoms with Gasteiger partial charge in [-0.25, -0.2) is 0 Å². The van der Waals surface area contributed by atoms with Crippen LogP contribution in [-0.2, 0) is 0 Å². The summed E-state index contributed by atoms with van der Waals surface area (Å²) in [6.45, 7) is 9.67. The summed E-state index contributed by atoms with van der Waals surface area (Å²) in [5.41, 5.74) is 0. The van der Waals surface area contributed by atoms with E-state index in [1.165, 1.54) is 6.42 Å². The second kappa shape index (κ2) is 16.1. The largest absolute Gasteiger partial charge is 0.0991 e. The lowest BCUT2D eigenvalue weighted by atomic mass is 10.5. The average molecular weight is 112 g/mol. The maximum absolute atomic E-state index is 3.46. The molecule has 48 valence electrons. The normalized spacial score (nSPS) is 7.88. The summed E-state index contributed by atoms with van der Waals surface area (Å²) >= 11 is 0. The van der Waals surface area contributed by atoms with E-state index in [-0.39, 0.29) is 0 Å². The number of hydrogen-bond donors (Lipinski definition) is 0. The van der Waals surface area contributed by atoms with E-state index in [4.69, 9.17) is 0 Å². The van der Waals surface area contributed by atoms with Crippen molar-refractivity contribution in [2.75, 3.05) is 0 Å². The first-order chi connectivity index (χ1) is 3.83. The highest BCUT2D eigenvalue weighted by Crippen LogP contribution is 1.64. The van der Waals surface area contributed by atoms with Crippen molar-refractivity contribution in [3.8, 4) is 0 Å². The summed E-state index contributed by atoms with van der Waals surface area (Å²) < 4.78 is 0. The molecule has 0 unspecified atom stereocenters. The van der Waals surface area contributed by atoms with Crippen LogP contribution in [0.25, 0.3) is 0 Å². The molecule has 0 heteroatoms. The van der Waals surface area contributed by atoms with Crippen molar-refractivity contribution in [3.63, 3.8) is 0 Å². The van der Waals surface area contributed by atoms with E-state index in [1.807, 2.05) is 19.1 Å². The fourth-order valence-electron chi connectivity index (χ4n) is 0.136. The van der Waals surface area contributed by atoms with Crippen LogP contribution in [0.3, 0.4) is 0 Å². The predicted octanol–water partition coefficient (Wildman–Crippen LogP) is 3.16. The first kappa shape index (κ1) is 10.5. The first-order valence-electron chi connectivity index (χ1n) is 3.07. The Labute approximate surface area is 52.9 Å². The zero-order valence-corrected chi connectivity index (χ0v) is 6.15. The minimum absolute atomic E-state index is 1.25. The second-order valence-electron chi connectivity index (χ2n) is 1.47. The molecule has 0 spiro atoms. The third-order valence-electron chi connectivity index (χ3n) is 0.329. The van der Waals surface area contributed by atoms with Crippen LogP contribution in [0, 0.1) is 0 Å². The average Bonchev–Trinajstić information content (AvgIpc) is 1.71. The molecule has 0 fully saturated rings. The molecule has 0 bridgehead atoms. The van der Waals surface area contributed by atoms with Gasteiger partial charge in [-0.3, -0.25) is 0 Å². The van der Waals surface area contributed by atoms with Crippen LogP contribution in [0.5, 0.6) is 0 Å². The van der Waals surface area contributed by atoms with Gasteiger partial charge in [-0.05, 0) is 6.92 Å². The number of rotatable bonds is 1. The SMILES string of the molecule is C=CC=CC.CCC. The fourth-order valence-corrected chi connectivity index (χ4v) is 0.136. The van der Waals surface area contributed by atoms with Gasteiger partial charge in [0.1, 0.15) is 0 Å². The Hall–Kier alpha value is -0.520. The molecule has 0 amide bonds. The molecule has 0 radical (unpaired) electrons. The van der Waals surface area contributed by atoms with Gasteiger partial charge in [0.15, 0.2) is 0 Å². The van der Waals surface area contributed by atoms with Crippen molar-refractivity contribution >= 4 is 0 Å². The minimum Gasteiger partial charge on any atom is -0.0991 e. The van der Waals surface area contributed by atoms with Crippen LogP contribution in [0.2, 0.25) is 0 Å². The van der Waals surface area contributed by atoms with Gasteiger partial charge in [0.05, 0.1) is 0 Å². The Morgan fingerprint density at radius 1 is 1.38 bits per heavy atom. The molecule has 8 heavy (non-hydrogen) atoms. The molecule has 0 aliphatic carbocycles. The van der Waals surface area contributed by atoms with Crippen LogP contribution in [-0.4, -0.2) is 0 Å². The summed E-state index contributed by atoms with van der Waals surface area (Å²) in [6, 6.07) is 0. The third kappa shape index (κ3) is 50.2. The maximum Gasteiger partial charge on any atom is -0.0467 e. The molecule has 0 aliphatic heterocycles. The lowest BCUT2D eigenvalue weighted by Gasteiger charge is -1.56. The molecule has 0 heterocycles. The maximum atomic E-state index is 3.46. The van der Waals surface area contributed by atoms with Crippen molar-refractivity contribution in [2.24, 2.45) is 0 Å². The van der Waals surface area contributed by atoms with Gasteiger partial charge in [-0.1, -0.05) is 45.1 Å². The van der Waals surface area contributed by atoms with Gasteiger partial charge in [-0.2, -0.15) is 0 Å². The molecule has 0 N–H and O–H groups in total. The molecule has 0 aromatic carbocycles. The number of allylic oxidation sites excluding steroid dienone is 3. The predicted molar refractivity (Wildman–Crippen MR) is 41.0 cm³/mol. The van der Waals surface area contributed by atoms with E-state index in [2.05, 4.69) is 20.4 Å². The zero-order chi connectivity index (χ0) is 6.83. The van der Waals surface area contributed by atoms with E-state index in [1.54, 1.807) is 6.08 Å². The first-order valence-corrected chi connectivity index (χ1v) is 3.07. The van der Waals surface area contributed by atoms with Gasteiger partial charge in [-0.15, -0.1) is 0 Å². The highest BCUT2D eigenvalue weighted by molar-refractivity contribution is 4.94. The minimum atomic E-state index is 1.25. The Morgan fingerprint density at radius 3 is 1.75 bits per heavy atom. The highest BCUT2D eigenvalue weighted by Gasteiger charge is 1.42. The molecule has 0 saturated heterocycles. The number of hydrogen-bond acceptors (Lipinski definition) is 0. The van der Waals surface area contributed by atoms with Crippen LogP contribution >= 0.6 is 0 Å². The monoisotopic (exact) mass is 112 g/mol. The van der Waals surface area contributed by atoms with Gasteiger partial charge in [0, 0.05) is 0 Å². The summed E-state index contributed by atoms with van der Waals surface area (Å²) in [5, 5.41) is 0. The summed E-state index contributed by atoms with van der Waals surface area (Å²) in [4.78, 5) is 0. The van der Waals surface area contributed by atoms with Crippen molar-refractivity contribution in [2.45, 2.75) is 27.2 Å².